The van der Waals surface area contributed by atoms with Gasteiger partial charge in [-0.25, -0.2) is 0 Å². The van der Waals surface area contributed by atoms with Gasteiger partial charge in [0.2, 0.25) is 0 Å². The summed E-state index contributed by atoms with van der Waals surface area (Å²) >= 11 is 6.07. The molecule has 3 nitrogen and oxygen atoms in total. The van der Waals surface area contributed by atoms with Crippen molar-refractivity contribution < 1.29 is 9.47 Å². The van der Waals surface area contributed by atoms with Crippen LogP contribution in [0.15, 0.2) is 30.5 Å². The van der Waals surface area contributed by atoms with Gasteiger partial charge in [0, 0.05) is 18.7 Å². The molecular weight excluding hydrogens is 226 g/mol. The number of hydrogen-bond acceptors (Lipinski definition) is 3. The fourth-order valence-electron chi connectivity index (χ4n) is 1.46. The number of benzene rings is 1. The highest BCUT2D eigenvalue weighted by molar-refractivity contribution is 6.35. The number of ether oxygens (including phenoxy) is 2. The zero-order valence-corrected chi connectivity index (χ0v) is 9.70. The minimum atomic E-state index is 0.504. The number of nitrogens with zero attached hydrogens (tertiary/aromatic N) is 1. The van der Waals surface area contributed by atoms with Gasteiger partial charge >= 0.3 is 0 Å². The molecule has 0 aliphatic heterocycles. The second-order valence-electron chi connectivity index (χ2n) is 3.29. The lowest BCUT2D eigenvalue weighted by Crippen LogP contribution is -2.04. The third kappa shape index (κ3) is 2.26. The van der Waals surface area contributed by atoms with Crippen molar-refractivity contribution in [2.45, 2.75) is 0 Å². The van der Waals surface area contributed by atoms with Crippen molar-refractivity contribution in [1.29, 1.82) is 0 Å². The Kier molecular flexibility index (Phi) is 3.59. The molecule has 16 heavy (non-hydrogen) atoms. The van der Waals surface area contributed by atoms with E-state index in [4.69, 9.17) is 21.1 Å². The van der Waals surface area contributed by atoms with Gasteiger partial charge in [-0.1, -0.05) is 11.6 Å². The van der Waals surface area contributed by atoms with Gasteiger partial charge in [-0.15, -0.1) is 0 Å². The summed E-state index contributed by atoms with van der Waals surface area (Å²) in [5.41, 5.74) is 0.783. The highest BCUT2D eigenvalue weighted by Crippen LogP contribution is 2.29. The van der Waals surface area contributed by atoms with Crippen LogP contribution in [0.25, 0.3) is 10.9 Å². The van der Waals surface area contributed by atoms with Gasteiger partial charge in [-0.05, 0) is 24.3 Å². The molecule has 84 valence electrons. The van der Waals surface area contributed by atoms with E-state index >= 15 is 0 Å². The van der Waals surface area contributed by atoms with Gasteiger partial charge in [-0.3, -0.25) is 4.98 Å². The number of halogens is 1. The molecule has 0 saturated heterocycles. The van der Waals surface area contributed by atoms with E-state index in [1.165, 1.54) is 0 Å². The number of hydrogen-bond donors (Lipinski definition) is 0. The molecule has 0 aliphatic carbocycles. The van der Waals surface area contributed by atoms with Gasteiger partial charge in [0.05, 0.1) is 11.6 Å². The fourth-order valence-corrected chi connectivity index (χ4v) is 1.68. The second kappa shape index (κ2) is 5.14. The lowest BCUT2D eigenvalue weighted by Gasteiger charge is -2.08. The molecule has 0 aliphatic rings. The highest BCUT2D eigenvalue weighted by Gasteiger charge is 2.06. The number of rotatable bonds is 4. The van der Waals surface area contributed by atoms with Crippen LogP contribution in [0.3, 0.4) is 0 Å². The van der Waals surface area contributed by atoms with E-state index in [-0.39, 0.29) is 0 Å². The van der Waals surface area contributed by atoms with Crippen LogP contribution in [0.2, 0.25) is 5.02 Å². The Labute approximate surface area is 99.0 Å². The Bertz CT molecular complexity index is 487. The molecular formula is C12H12ClNO2. The molecule has 0 saturated carbocycles. The molecule has 1 aromatic heterocycles. The average Bonchev–Trinajstić information content (AvgIpc) is 2.33. The first-order chi connectivity index (χ1) is 7.83. The van der Waals surface area contributed by atoms with Crippen LogP contribution >= 0.6 is 11.6 Å². The fraction of sp³-hybridized carbons (Fsp3) is 0.250. The molecule has 0 fully saturated rings. The predicted molar refractivity (Wildman–Crippen MR) is 64.1 cm³/mol. The van der Waals surface area contributed by atoms with Crippen LogP contribution in [0.5, 0.6) is 5.75 Å². The smallest absolute Gasteiger partial charge is 0.145 e. The Morgan fingerprint density at radius 1 is 1.25 bits per heavy atom. The third-order valence-electron chi connectivity index (χ3n) is 2.22. The van der Waals surface area contributed by atoms with Crippen molar-refractivity contribution in [3.63, 3.8) is 0 Å². The first kappa shape index (κ1) is 11.2. The largest absolute Gasteiger partial charge is 0.489 e. The van der Waals surface area contributed by atoms with Crippen molar-refractivity contribution in [1.82, 2.24) is 4.98 Å². The predicted octanol–water partition coefficient (Wildman–Crippen LogP) is 2.91. The van der Waals surface area contributed by atoms with Gasteiger partial charge < -0.3 is 9.47 Å². The van der Waals surface area contributed by atoms with E-state index < -0.39 is 0 Å². The van der Waals surface area contributed by atoms with Gasteiger partial charge in [-0.2, -0.15) is 0 Å². The number of pyridine rings is 1. The average molecular weight is 238 g/mol. The summed E-state index contributed by atoms with van der Waals surface area (Å²) in [5.74, 6) is 0.733. The Morgan fingerprint density at radius 3 is 2.94 bits per heavy atom. The Morgan fingerprint density at radius 2 is 2.12 bits per heavy atom. The summed E-state index contributed by atoms with van der Waals surface area (Å²) in [4.78, 5) is 4.27. The van der Waals surface area contributed by atoms with Gasteiger partial charge in [0.15, 0.2) is 0 Å². The highest BCUT2D eigenvalue weighted by atomic mass is 35.5. The molecule has 0 unspecified atom stereocenters. The van der Waals surface area contributed by atoms with E-state index in [2.05, 4.69) is 4.98 Å². The molecule has 2 aromatic rings. The van der Waals surface area contributed by atoms with Crippen LogP contribution in [-0.4, -0.2) is 25.3 Å². The molecule has 0 amide bonds. The SMILES string of the molecule is COCCOc1ccc(Cl)c2cccnc12. The first-order valence-corrected chi connectivity index (χ1v) is 5.35. The summed E-state index contributed by atoms with van der Waals surface area (Å²) in [6.45, 7) is 1.06. The van der Waals surface area contributed by atoms with E-state index in [0.29, 0.717) is 18.2 Å². The second-order valence-corrected chi connectivity index (χ2v) is 3.69. The van der Waals surface area contributed by atoms with Crippen LogP contribution in [0, 0.1) is 0 Å². The van der Waals surface area contributed by atoms with Crippen molar-refractivity contribution >= 4 is 22.5 Å². The summed E-state index contributed by atoms with van der Waals surface area (Å²) < 4.78 is 10.5. The van der Waals surface area contributed by atoms with Crippen molar-refractivity contribution in [2.24, 2.45) is 0 Å². The van der Waals surface area contributed by atoms with Crippen LogP contribution in [0.4, 0.5) is 0 Å². The standard InChI is InChI=1S/C12H12ClNO2/c1-15-7-8-16-11-5-4-10(13)9-3-2-6-14-12(9)11/h2-6H,7-8H2,1H3. The molecule has 0 bridgehead atoms. The summed E-state index contributed by atoms with van der Waals surface area (Å²) in [7, 11) is 1.64. The summed E-state index contributed by atoms with van der Waals surface area (Å²) in [5, 5.41) is 1.58. The zero-order valence-electron chi connectivity index (χ0n) is 8.94. The molecule has 4 heteroatoms. The first-order valence-electron chi connectivity index (χ1n) is 4.98. The zero-order chi connectivity index (χ0) is 11.4. The minimum Gasteiger partial charge on any atom is -0.489 e. The molecule has 0 radical (unpaired) electrons. The van der Waals surface area contributed by atoms with Gasteiger partial charge in [0.25, 0.3) is 0 Å². The summed E-state index contributed by atoms with van der Waals surface area (Å²) in [6, 6.07) is 7.42. The molecule has 1 aromatic carbocycles. The molecule has 0 atom stereocenters. The maximum Gasteiger partial charge on any atom is 0.145 e. The number of methoxy groups -OCH3 is 1. The lowest BCUT2D eigenvalue weighted by molar-refractivity contribution is 0.147. The number of aromatic nitrogens is 1. The topological polar surface area (TPSA) is 31.4 Å². The maximum absolute atomic E-state index is 6.07. The molecule has 1 heterocycles. The van der Waals surface area contributed by atoms with Crippen molar-refractivity contribution in [3.8, 4) is 5.75 Å². The maximum atomic E-state index is 6.07. The third-order valence-corrected chi connectivity index (χ3v) is 2.55. The van der Waals surface area contributed by atoms with Crippen LogP contribution in [-0.2, 0) is 4.74 Å². The van der Waals surface area contributed by atoms with Gasteiger partial charge in [0.1, 0.15) is 17.9 Å². The van der Waals surface area contributed by atoms with Crippen molar-refractivity contribution in [2.75, 3.05) is 20.3 Å². The minimum absolute atomic E-state index is 0.504. The monoisotopic (exact) mass is 237 g/mol. The molecule has 0 spiro atoms. The normalized spacial score (nSPS) is 10.6. The lowest BCUT2D eigenvalue weighted by atomic mass is 10.2. The van der Waals surface area contributed by atoms with E-state index in [1.807, 2.05) is 24.3 Å². The van der Waals surface area contributed by atoms with Crippen LogP contribution < -0.4 is 4.74 Å². The van der Waals surface area contributed by atoms with Crippen molar-refractivity contribution in [3.05, 3.63) is 35.5 Å². The number of fused-ring (bicyclic) bond motifs is 1. The Balaban J connectivity index is 2.35. The van der Waals surface area contributed by atoms with Crippen LogP contribution in [0.1, 0.15) is 0 Å². The van der Waals surface area contributed by atoms with E-state index in [9.17, 15) is 0 Å². The summed E-state index contributed by atoms with van der Waals surface area (Å²) in [6.07, 6.45) is 1.72. The quantitative estimate of drug-likeness (QED) is 0.767. The molecule has 2 rings (SSSR count). The Hall–Kier alpha value is -1.32. The van der Waals surface area contributed by atoms with E-state index in [0.717, 1.165) is 16.7 Å². The molecule has 0 N–H and O–H groups in total. The van der Waals surface area contributed by atoms with E-state index in [1.54, 1.807) is 13.3 Å².